The minimum absolute atomic E-state index is 0.0931. The molecule has 0 aromatic heterocycles. The van der Waals surface area contributed by atoms with Crippen molar-refractivity contribution < 1.29 is 9.53 Å². The molecule has 2 aromatic carbocycles. The van der Waals surface area contributed by atoms with E-state index in [-0.39, 0.29) is 5.91 Å². The quantitative estimate of drug-likeness (QED) is 0.780. The van der Waals surface area contributed by atoms with Crippen LogP contribution in [-0.2, 0) is 17.8 Å². The van der Waals surface area contributed by atoms with Crippen molar-refractivity contribution in [1.29, 1.82) is 0 Å². The van der Waals surface area contributed by atoms with E-state index in [0.717, 1.165) is 17.7 Å². The summed E-state index contributed by atoms with van der Waals surface area (Å²) < 4.78 is 5.56. The number of benzene rings is 2. The van der Waals surface area contributed by atoms with E-state index < -0.39 is 0 Å². The van der Waals surface area contributed by atoms with Gasteiger partial charge in [0.2, 0.25) is 5.91 Å². The number of carbonyl (C=O) groups is 1. The fourth-order valence-electron chi connectivity index (χ4n) is 2.21. The van der Waals surface area contributed by atoms with E-state index in [1.165, 1.54) is 5.56 Å². The Morgan fingerprint density at radius 1 is 1.00 bits per heavy atom. The standard InChI is InChI=1S/C19H23NO2/c1-3-16-9-11-17(12-10-16)15-20(2)19(21)13-14-22-18-7-5-4-6-8-18/h4-12H,3,13-15H2,1-2H3. The maximum atomic E-state index is 12.1. The Morgan fingerprint density at radius 3 is 2.27 bits per heavy atom. The lowest BCUT2D eigenvalue weighted by atomic mass is 10.1. The van der Waals surface area contributed by atoms with Gasteiger partial charge in [0, 0.05) is 13.6 Å². The Labute approximate surface area is 132 Å². The van der Waals surface area contributed by atoms with Crippen molar-refractivity contribution in [2.24, 2.45) is 0 Å². The van der Waals surface area contributed by atoms with E-state index in [4.69, 9.17) is 4.74 Å². The molecule has 0 unspecified atom stereocenters. The van der Waals surface area contributed by atoms with Crippen molar-refractivity contribution in [3.8, 4) is 5.75 Å². The zero-order valence-electron chi connectivity index (χ0n) is 13.3. The molecular weight excluding hydrogens is 274 g/mol. The molecule has 0 heterocycles. The number of amides is 1. The van der Waals surface area contributed by atoms with Gasteiger partial charge < -0.3 is 9.64 Å². The van der Waals surface area contributed by atoms with Crippen LogP contribution in [0.5, 0.6) is 5.75 Å². The Balaban J connectivity index is 1.76. The van der Waals surface area contributed by atoms with E-state index >= 15 is 0 Å². The lowest BCUT2D eigenvalue weighted by molar-refractivity contribution is -0.130. The van der Waals surface area contributed by atoms with Crippen molar-refractivity contribution in [3.63, 3.8) is 0 Å². The van der Waals surface area contributed by atoms with Crippen LogP contribution in [0.3, 0.4) is 0 Å². The molecule has 3 heteroatoms. The lowest BCUT2D eigenvalue weighted by Crippen LogP contribution is -2.27. The molecule has 0 fully saturated rings. The molecule has 1 amide bonds. The Morgan fingerprint density at radius 2 is 1.64 bits per heavy atom. The van der Waals surface area contributed by atoms with E-state index in [0.29, 0.717) is 19.6 Å². The number of nitrogens with zero attached hydrogens (tertiary/aromatic N) is 1. The number of carbonyl (C=O) groups excluding carboxylic acids is 1. The summed E-state index contributed by atoms with van der Waals surface area (Å²) in [6.45, 7) is 3.17. The molecule has 0 N–H and O–H groups in total. The van der Waals surface area contributed by atoms with Crippen molar-refractivity contribution in [1.82, 2.24) is 4.90 Å². The van der Waals surface area contributed by atoms with Crippen LogP contribution >= 0.6 is 0 Å². The van der Waals surface area contributed by atoms with Gasteiger partial charge in [-0.05, 0) is 29.7 Å². The number of para-hydroxylation sites is 1. The number of hydrogen-bond acceptors (Lipinski definition) is 2. The largest absolute Gasteiger partial charge is 0.493 e. The highest BCUT2D eigenvalue weighted by molar-refractivity contribution is 5.76. The highest BCUT2D eigenvalue weighted by Gasteiger charge is 2.09. The normalized spacial score (nSPS) is 10.3. The summed E-state index contributed by atoms with van der Waals surface area (Å²) >= 11 is 0. The van der Waals surface area contributed by atoms with Crippen LogP contribution in [0.25, 0.3) is 0 Å². The van der Waals surface area contributed by atoms with E-state index in [2.05, 4.69) is 31.2 Å². The van der Waals surface area contributed by atoms with Gasteiger partial charge in [0.15, 0.2) is 0 Å². The lowest BCUT2D eigenvalue weighted by Gasteiger charge is -2.17. The highest BCUT2D eigenvalue weighted by Crippen LogP contribution is 2.10. The summed E-state index contributed by atoms with van der Waals surface area (Å²) in [6.07, 6.45) is 1.42. The number of ether oxygens (including phenoxy) is 1. The third-order valence-corrected chi connectivity index (χ3v) is 3.60. The van der Waals surface area contributed by atoms with E-state index in [1.54, 1.807) is 4.90 Å². The Hall–Kier alpha value is -2.29. The maximum Gasteiger partial charge on any atom is 0.226 e. The van der Waals surface area contributed by atoms with E-state index in [1.807, 2.05) is 37.4 Å². The molecule has 3 nitrogen and oxygen atoms in total. The van der Waals surface area contributed by atoms with Crippen molar-refractivity contribution in [2.45, 2.75) is 26.3 Å². The minimum Gasteiger partial charge on any atom is -0.493 e. The maximum absolute atomic E-state index is 12.1. The predicted molar refractivity (Wildman–Crippen MR) is 88.8 cm³/mol. The second-order valence-corrected chi connectivity index (χ2v) is 5.33. The smallest absolute Gasteiger partial charge is 0.226 e. The second kappa shape index (κ2) is 8.23. The topological polar surface area (TPSA) is 29.5 Å². The van der Waals surface area contributed by atoms with Gasteiger partial charge in [-0.15, -0.1) is 0 Å². The molecular formula is C19H23NO2. The van der Waals surface area contributed by atoms with Crippen molar-refractivity contribution in [3.05, 3.63) is 65.7 Å². The van der Waals surface area contributed by atoms with Crippen LogP contribution in [0.4, 0.5) is 0 Å². The molecule has 0 atom stereocenters. The van der Waals surface area contributed by atoms with Crippen LogP contribution in [0.2, 0.25) is 0 Å². The zero-order valence-corrected chi connectivity index (χ0v) is 13.3. The second-order valence-electron chi connectivity index (χ2n) is 5.33. The van der Waals surface area contributed by atoms with E-state index in [9.17, 15) is 4.79 Å². The molecule has 0 aliphatic heterocycles. The third-order valence-electron chi connectivity index (χ3n) is 3.60. The predicted octanol–water partition coefficient (Wildman–Crippen LogP) is 3.68. The number of aryl methyl sites for hydroxylation is 1. The Kier molecular flexibility index (Phi) is 6.01. The van der Waals surface area contributed by atoms with Gasteiger partial charge in [-0.25, -0.2) is 0 Å². The molecule has 22 heavy (non-hydrogen) atoms. The molecule has 0 saturated carbocycles. The summed E-state index contributed by atoms with van der Waals surface area (Å²) in [6, 6.07) is 18.0. The van der Waals surface area contributed by atoms with Gasteiger partial charge in [-0.1, -0.05) is 49.4 Å². The molecule has 0 radical (unpaired) electrons. The van der Waals surface area contributed by atoms with Gasteiger partial charge in [-0.2, -0.15) is 0 Å². The van der Waals surface area contributed by atoms with Crippen molar-refractivity contribution >= 4 is 5.91 Å². The molecule has 0 aliphatic rings. The van der Waals surface area contributed by atoms with Crippen LogP contribution < -0.4 is 4.74 Å². The average molecular weight is 297 g/mol. The number of rotatable bonds is 7. The summed E-state index contributed by atoms with van der Waals surface area (Å²) in [5.41, 5.74) is 2.46. The minimum atomic E-state index is 0.0931. The highest BCUT2D eigenvalue weighted by atomic mass is 16.5. The summed E-state index contributed by atoms with van der Waals surface area (Å²) in [5.74, 6) is 0.892. The molecule has 116 valence electrons. The number of hydrogen-bond donors (Lipinski definition) is 0. The van der Waals surface area contributed by atoms with Crippen LogP contribution in [0.15, 0.2) is 54.6 Å². The zero-order chi connectivity index (χ0) is 15.8. The molecule has 0 saturated heterocycles. The summed E-state index contributed by atoms with van der Waals surface area (Å²) in [7, 11) is 1.83. The monoisotopic (exact) mass is 297 g/mol. The first-order valence-corrected chi connectivity index (χ1v) is 7.68. The van der Waals surface area contributed by atoms with Gasteiger partial charge in [0.25, 0.3) is 0 Å². The van der Waals surface area contributed by atoms with Gasteiger partial charge in [0.05, 0.1) is 13.0 Å². The third kappa shape index (κ3) is 4.92. The molecule has 2 aromatic rings. The molecule has 2 rings (SSSR count). The average Bonchev–Trinajstić information content (AvgIpc) is 2.56. The van der Waals surface area contributed by atoms with Gasteiger partial charge in [-0.3, -0.25) is 4.79 Å². The fraction of sp³-hybridized carbons (Fsp3) is 0.316. The summed E-state index contributed by atoms with van der Waals surface area (Å²) in [5, 5.41) is 0. The molecule has 0 aliphatic carbocycles. The Bertz CT molecular complexity index is 578. The first kappa shape index (κ1) is 16.1. The molecule has 0 bridgehead atoms. The van der Waals surface area contributed by atoms with Crippen LogP contribution in [0.1, 0.15) is 24.5 Å². The van der Waals surface area contributed by atoms with Crippen molar-refractivity contribution in [2.75, 3.05) is 13.7 Å². The summed E-state index contributed by atoms with van der Waals surface area (Å²) in [4.78, 5) is 13.9. The first-order valence-electron chi connectivity index (χ1n) is 7.68. The van der Waals surface area contributed by atoms with Gasteiger partial charge >= 0.3 is 0 Å². The van der Waals surface area contributed by atoms with Crippen LogP contribution in [0, 0.1) is 0 Å². The van der Waals surface area contributed by atoms with Crippen LogP contribution in [-0.4, -0.2) is 24.5 Å². The fourth-order valence-corrected chi connectivity index (χ4v) is 2.21. The van der Waals surface area contributed by atoms with Gasteiger partial charge in [0.1, 0.15) is 5.75 Å². The first-order chi connectivity index (χ1) is 10.7. The SMILES string of the molecule is CCc1ccc(CN(C)C(=O)CCOc2ccccc2)cc1. The molecule has 0 spiro atoms.